The number of ketones is 1. The molecule has 1 aromatic rings. The Morgan fingerprint density at radius 3 is 2.28 bits per heavy atom. The zero-order valence-corrected chi connectivity index (χ0v) is 18.2. The molecule has 3 heteroatoms. The highest BCUT2D eigenvalue weighted by atomic mass is 28.2. The summed E-state index contributed by atoms with van der Waals surface area (Å²) in [5.41, 5.74) is 3.19. The maximum Gasteiger partial charge on any atom is 0.236 e. The van der Waals surface area contributed by atoms with E-state index < -0.39 is 5.60 Å². The van der Waals surface area contributed by atoms with Crippen LogP contribution in [0, 0.1) is 11.3 Å². The Kier molecular flexibility index (Phi) is 5.70. The standard InChI is InChI=1S/C22H34O2Si/c1-20(2,3)14-15-9-10-16-11-12-18(19(23)17(16)13-15)22(7,8)24-25-21(4,5)6/h9-10,13,18H,11-12,14H2,1-8H3. The van der Waals surface area contributed by atoms with Crippen molar-refractivity contribution >= 4 is 15.5 Å². The zero-order chi connectivity index (χ0) is 19.0. The first kappa shape index (κ1) is 20.4. The second kappa shape index (κ2) is 7.00. The molecule has 0 fully saturated rings. The molecule has 1 aliphatic rings. The molecule has 2 radical (unpaired) electrons. The first-order valence-electron chi connectivity index (χ1n) is 9.40. The smallest absolute Gasteiger partial charge is 0.236 e. The van der Waals surface area contributed by atoms with Crippen molar-refractivity contribution < 1.29 is 9.22 Å². The lowest BCUT2D eigenvalue weighted by Gasteiger charge is -2.38. The molecule has 0 aromatic heterocycles. The van der Waals surface area contributed by atoms with Crippen molar-refractivity contribution in [1.29, 1.82) is 0 Å². The third kappa shape index (κ3) is 5.52. The molecule has 0 heterocycles. The summed E-state index contributed by atoms with van der Waals surface area (Å²) >= 11 is 0. The first-order valence-corrected chi connectivity index (χ1v) is 10.3. The monoisotopic (exact) mass is 358 g/mol. The Morgan fingerprint density at radius 1 is 1.08 bits per heavy atom. The predicted octanol–water partition coefficient (Wildman–Crippen LogP) is 5.65. The Morgan fingerprint density at radius 2 is 1.72 bits per heavy atom. The fourth-order valence-electron chi connectivity index (χ4n) is 3.43. The van der Waals surface area contributed by atoms with Gasteiger partial charge >= 0.3 is 0 Å². The van der Waals surface area contributed by atoms with Crippen molar-refractivity contribution in [2.45, 2.75) is 85.3 Å². The van der Waals surface area contributed by atoms with Crippen molar-refractivity contribution in [2.24, 2.45) is 11.3 Å². The van der Waals surface area contributed by atoms with Crippen LogP contribution >= 0.6 is 0 Å². The molecule has 0 saturated carbocycles. The van der Waals surface area contributed by atoms with Gasteiger partial charge in [0, 0.05) is 11.5 Å². The Balaban J connectivity index is 2.23. The average molecular weight is 359 g/mol. The maximum atomic E-state index is 13.2. The van der Waals surface area contributed by atoms with Crippen LogP contribution in [0.5, 0.6) is 0 Å². The van der Waals surface area contributed by atoms with Crippen molar-refractivity contribution in [2.75, 3.05) is 0 Å². The normalized spacial score (nSPS) is 19.0. The number of carbonyl (C=O) groups excluding carboxylic acids is 1. The second-order valence-corrected chi connectivity index (χ2v) is 12.2. The fraction of sp³-hybridized carbons (Fsp3) is 0.682. The fourth-order valence-corrected chi connectivity index (χ4v) is 4.14. The summed E-state index contributed by atoms with van der Waals surface area (Å²) in [4.78, 5) is 13.2. The molecule has 0 spiro atoms. The number of fused-ring (bicyclic) bond motifs is 1. The lowest BCUT2D eigenvalue weighted by Crippen LogP contribution is -2.43. The number of hydrogen-bond acceptors (Lipinski definition) is 2. The van der Waals surface area contributed by atoms with E-state index in [1.165, 1.54) is 11.1 Å². The molecule has 1 atom stereocenters. The van der Waals surface area contributed by atoms with E-state index in [-0.39, 0.29) is 22.2 Å². The van der Waals surface area contributed by atoms with E-state index in [4.69, 9.17) is 4.43 Å². The number of benzene rings is 1. The van der Waals surface area contributed by atoms with E-state index in [0.29, 0.717) is 9.76 Å². The molecule has 0 saturated heterocycles. The Bertz CT molecular complexity index is 632. The van der Waals surface area contributed by atoms with E-state index in [2.05, 4.69) is 73.6 Å². The van der Waals surface area contributed by atoms with Gasteiger partial charge < -0.3 is 4.43 Å². The van der Waals surface area contributed by atoms with Gasteiger partial charge in [-0.1, -0.05) is 53.7 Å². The van der Waals surface area contributed by atoms with E-state index in [0.717, 1.165) is 24.8 Å². The van der Waals surface area contributed by atoms with Crippen LogP contribution in [0.25, 0.3) is 0 Å². The van der Waals surface area contributed by atoms with E-state index in [1.54, 1.807) is 0 Å². The minimum atomic E-state index is -0.416. The molecular formula is C22H34O2Si. The molecule has 0 amide bonds. The highest BCUT2D eigenvalue weighted by molar-refractivity contribution is 6.31. The first-order chi connectivity index (χ1) is 11.3. The van der Waals surface area contributed by atoms with Crippen molar-refractivity contribution in [3.63, 3.8) is 0 Å². The maximum absolute atomic E-state index is 13.2. The second-order valence-electron chi connectivity index (χ2n) is 10.2. The molecule has 2 rings (SSSR count). The van der Waals surface area contributed by atoms with Crippen LogP contribution in [0.1, 0.15) is 83.3 Å². The number of carbonyl (C=O) groups is 1. The lowest BCUT2D eigenvalue weighted by atomic mass is 9.74. The van der Waals surface area contributed by atoms with Gasteiger partial charge in [0.2, 0.25) is 9.76 Å². The quantitative estimate of drug-likeness (QED) is 0.650. The Hall–Kier alpha value is -0.933. The highest BCUT2D eigenvalue weighted by Crippen LogP contribution is 2.36. The van der Waals surface area contributed by atoms with Crippen molar-refractivity contribution in [3.05, 3.63) is 34.9 Å². The molecule has 0 aliphatic heterocycles. The Labute approximate surface area is 156 Å². The lowest BCUT2D eigenvalue weighted by molar-refractivity contribution is 0.0327. The summed E-state index contributed by atoms with van der Waals surface area (Å²) in [7, 11) is 0.398. The van der Waals surface area contributed by atoms with Gasteiger partial charge in [0.1, 0.15) is 0 Å². The summed E-state index contributed by atoms with van der Waals surface area (Å²) in [5.74, 6) is 0.209. The molecule has 1 aromatic carbocycles. The van der Waals surface area contributed by atoms with Gasteiger partial charge in [0.15, 0.2) is 5.78 Å². The van der Waals surface area contributed by atoms with Gasteiger partial charge in [-0.3, -0.25) is 4.79 Å². The number of aryl methyl sites for hydroxylation is 1. The molecular weight excluding hydrogens is 324 g/mol. The van der Waals surface area contributed by atoms with Gasteiger partial charge in [0.25, 0.3) is 0 Å². The van der Waals surface area contributed by atoms with Gasteiger partial charge in [-0.15, -0.1) is 0 Å². The molecule has 1 unspecified atom stereocenters. The SMILES string of the molecule is CC(C)(C)Cc1ccc2c(c1)C(=O)C(C(C)(C)O[Si]C(C)(C)C)CC2. The van der Waals surface area contributed by atoms with Crippen LogP contribution in [-0.2, 0) is 17.3 Å². The number of Topliss-reactive ketones (excluding diaryl/α,β-unsaturated/α-hetero) is 1. The van der Waals surface area contributed by atoms with E-state index in [9.17, 15) is 4.79 Å². The molecule has 0 bridgehead atoms. The molecule has 2 nitrogen and oxygen atoms in total. The van der Waals surface area contributed by atoms with Crippen LogP contribution in [0.15, 0.2) is 18.2 Å². The third-order valence-corrected chi connectivity index (χ3v) is 5.89. The summed E-state index contributed by atoms with van der Waals surface area (Å²) in [6, 6.07) is 6.49. The largest absolute Gasteiger partial charge is 0.411 e. The van der Waals surface area contributed by atoms with Crippen molar-refractivity contribution in [1.82, 2.24) is 0 Å². The highest BCUT2D eigenvalue weighted by Gasteiger charge is 2.40. The van der Waals surface area contributed by atoms with Crippen LogP contribution in [0.2, 0.25) is 5.04 Å². The number of rotatable bonds is 4. The number of hydrogen-bond donors (Lipinski definition) is 0. The van der Waals surface area contributed by atoms with Gasteiger partial charge in [-0.2, -0.15) is 0 Å². The van der Waals surface area contributed by atoms with Crippen molar-refractivity contribution in [3.8, 4) is 0 Å². The molecule has 1 aliphatic carbocycles. The molecule has 0 N–H and O–H groups in total. The molecule has 138 valence electrons. The van der Waals surface area contributed by atoms with Gasteiger partial charge in [0.05, 0.1) is 5.60 Å². The topological polar surface area (TPSA) is 26.3 Å². The molecule has 25 heavy (non-hydrogen) atoms. The minimum Gasteiger partial charge on any atom is -0.411 e. The summed E-state index contributed by atoms with van der Waals surface area (Å²) in [6.07, 6.45) is 2.84. The predicted molar refractivity (Wildman–Crippen MR) is 106 cm³/mol. The summed E-state index contributed by atoms with van der Waals surface area (Å²) in [5, 5.41) is 0.132. The summed E-state index contributed by atoms with van der Waals surface area (Å²) in [6.45, 7) is 17.4. The minimum absolute atomic E-state index is 0.0558. The van der Waals surface area contributed by atoms with Gasteiger partial charge in [-0.05, 0) is 60.8 Å². The van der Waals surface area contributed by atoms with Crippen LogP contribution in [-0.4, -0.2) is 21.1 Å². The van der Waals surface area contributed by atoms with E-state index >= 15 is 0 Å². The zero-order valence-electron chi connectivity index (χ0n) is 17.2. The van der Waals surface area contributed by atoms with Crippen LogP contribution < -0.4 is 0 Å². The van der Waals surface area contributed by atoms with Crippen LogP contribution in [0.3, 0.4) is 0 Å². The van der Waals surface area contributed by atoms with E-state index in [1.807, 2.05) is 0 Å². The van der Waals surface area contributed by atoms with Gasteiger partial charge in [-0.25, -0.2) is 0 Å². The average Bonchev–Trinajstić information content (AvgIpc) is 2.44. The third-order valence-electron chi connectivity index (χ3n) is 4.65. The summed E-state index contributed by atoms with van der Waals surface area (Å²) < 4.78 is 6.24. The van der Waals surface area contributed by atoms with Crippen LogP contribution in [0.4, 0.5) is 0 Å².